The van der Waals surface area contributed by atoms with Gasteiger partial charge in [-0.1, -0.05) is 18.2 Å². The summed E-state index contributed by atoms with van der Waals surface area (Å²) in [5, 5.41) is 29.3. The molecule has 2 N–H and O–H groups in total. The highest BCUT2D eigenvalue weighted by molar-refractivity contribution is 5.98. The first kappa shape index (κ1) is 20.1. The van der Waals surface area contributed by atoms with Crippen molar-refractivity contribution in [3.8, 4) is 0 Å². The fourth-order valence-electron chi connectivity index (χ4n) is 2.43. The van der Waals surface area contributed by atoms with Gasteiger partial charge in [-0.25, -0.2) is 4.79 Å². The minimum atomic E-state index is -4.84. The molecule has 0 aliphatic carbocycles. The van der Waals surface area contributed by atoms with Crippen molar-refractivity contribution in [1.82, 2.24) is 0 Å². The SMILES string of the molecule is CC(=O)C(C(=O)O)C(c1cccc(C(F)(F)F)c1)C(C(=O)O)[N+](=O)[O-]. The first-order valence-corrected chi connectivity index (χ1v) is 6.64. The van der Waals surface area contributed by atoms with Crippen molar-refractivity contribution in [3.63, 3.8) is 0 Å². The van der Waals surface area contributed by atoms with Crippen LogP contribution in [-0.4, -0.2) is 38.9 Å². The van der Waals surface area contributed by atoms with Crippen LogP contribution >= 0.6 is 0 Å². The quantitative estimate of drug-likeness (QED) is 0.428. The lowest BCUT2D eigenvalue weighted by Gasteiger charge is -2.24. The van der Waals surface area contributed by atoms with Crippen LogP contribution in [0, 0.1) is 16.0 Å². The number of halogens is 3. The molecule has 0 heterocycles. The zero-order valence-corrected chi connectivity index (χ0v) is 12.6. The maximum Gasteiger partial charge on any atom is 0.416 e. The minimum Gasteiger partial charge on any atom is -0.481 e. The molecule has 3 unspecified atom stereocenters. The molecule has 1 aromatic rings. The number of nitrogens with zero attached hydrogens (tertiary/aromatic N) is 1. The van der Waals surface area contributed by atoms with Gasteiger partial charge in [0.1, 0.15) is 11.7 Å². The number of carbonyl (C=O) groups excluding carboxylic acids is 1. The number of carboxylic acids is 2. The second-order valence-corrected chi connectivity index (χ2v) is 5.14. The Hall–Kier alpha value is -2.98. The van der Waals surface area contributed by atoms with Gasteiger partial charge in [0.15, 0.2) is 0 Å². The Kier molecular flexibility index (Phi) is 5.84. The summed E-state index contributed by atoms with van der Waals surface area (Å²) in [5.41, 5.74) is -1.84. The number of nitro groups is 1. The maximum absolute atomic E-state index is 12.8. The van der Waals surface area contributed by atoms with E-state index < -0.39 is 57.8 Å². The predicted octanol–water partition coefficient (Wildman–Crippen LogP) is 1.81. The van der Waals surface area contributed by atoms with E-state index >= 15 is 0 Å². The third-order valence-corrected chi connectivity index (χ3v) is 3.48. The number of benzene rings is 1. The summed E-state index contributed by atoms with van der Waals surface area (Å²) in [6.07, 6.45) is -4.84. The Morgan fingerprint density at radius 3 is 2.08 bits per heavy atom. The van der Waals surface area contributed by atoms with Crippen LogP contribution in [0.25, 0.3) is 0 Å². The Morgan fingerprint density at radius 1 is 1.16 bits per heavy atom. The lowest BCUT2D eigenvalue weighted by Crippen LogP contribution is -2.43. The molecule has 0 aliphatic heterocycles. The zero-order chi connectivity index (χ0) is 19.5. The van der Waals surface area contributed by atoms with E-state index in [4.69, 9.17) is 10.2 Å². The second kappa shape index (κ2) is 7.28. The van der Waals surface area contributed by atoms with Gasteiger partial charge in [-0.15, -0.1) is 0 Å². The van der Waals surface area contributed by atoms with Crippen molar-refractivity contribution < 1.29 is 42.7 Å². The molecule has 8 nitrogen and oxygen atoms in total. The molecule has 0 radical (unpaired) electrons. The highest BCUT2D eigenvalue weighted by atomic mass is 19.4. The number of rotatable bonds is 7. The van der Waals surface area contributed by atoms with E-state index in [1.165, 1.54) is 0 Å². The smallest absolute Gasteiger partial charge is 0.416 e. The lowest BCUT2D eigenvalue weighted by molar-refractivity contribution is -0.515. The van der Waals surface area contributed by atoms with Crippen LogP contribution in [0.2, 0.25) is 0 Å². The van der Waals surface area contributed by atoms with Gasteiger partial charge in [0.25, 0.3) is 0 Å². The molecule has 0 amide bonds. The number of hydrogen-bond donors (Lipinski definition) is 2. The Balaban J connectivity index is 3.67. The number of aliphatic carboxylic acids is 2. The summed E-state index contributed by atoms with van der Waals surface area (Å²) in [4.78, 5) is 43.9. The van der Waals surface area contributed by atoms with Gasteiger partial charge in [-0.3, -0.25) is 19.7 Å². The number of alkyl halides is 3. The predicted molar refractivity (Wildman–Crippen MR) is 74.4 cm³/mol. The fourth-order valence-corrected chi connectivity index (χ4v) is 2.43. The van der Waals surface area contributed by atoms with Crippen molar-refractivity contribution in [2.45, 2.75) is 25.1 Å². The van der Waals surface area contributed by atoms with Crippen LogP contribution in [0.1, 0.15) is 24.0 Å². The molecule has 0 saturated carbocycles. The summed E-state index contributed by atoms with van der Waals surface area (Å²) in [5.74, 6) is -9.38. The van der Waals surface area contributed by atoms with Crippen molar-refractivity contribution >= 4 is 17.7 Å². The van der Waals surface area contributed by atoms with E-state index in [1.807, 2.05) is 0 Å². The van der Waals surface area contributed by atoms with Gasteiger partial charge >= 0.3 is 24.2 Å². The van der Waals surface area contributed by atoms with E-state index in [0.29, 0.717) is 12.1 Å². The van der Waals surface area contributed by atoms with Crippen molar-refractivity contribution in [1.29, 1.82) is 0 Å². The molecule has 25 heavy (non-hydrogen) atoms. The van der Waals surface area contributed by atoms with Crippen molar-refractivity contribution in [2.75, 3.05) is 0 Å². The van der Waals surface area contributed by atoms with E-state index in [2.05, 4.69) is 0 Å². The standard InChI is InChI=1S/C14H12F3NO7/c1-6(19)9(12(20)21)10(11(13(22)23)18(24)25)7-3-2-4-8(5-7)14(15,16)17/h2-5,9-11H,1H3,(H,20,21)(H,22,23). The summed E-state index contributed by atoms with van der Waals surface area (Å²) >= 11 is 0. The Bertz CT molecular complexity index is 657. The van der Waals surface area contributed by atoms with Crippen LogP contribution in [-0.2, 0) is 20.6 Å². The Labute approximate surface area is 138 Å². The number of Topliss-reactive ketones (excluding diaryl/α,β-unsaturated/α-hetero) is 1. The van der Waals surface area contributed by atoms with Gasteiger partial charge in [0, 0.05) is 4.92 Å². The molecule has 136 valence electrons. The molecule has 1 rings (SSSR count). The normalized spacial score (nSPS) is 15.0. The van der Waals surface area contributed by atoms with Crippen molar-refractivity contribution in [2.24, 2.45) is 5.92 Å². The molecule has 11 heteroatoms. The van der Waals surface area contributed by atoms with E-state index in [0.717, 1.165) is 19.1 Å². The van der Waals surface area contributed by atoms with Gasteiger partial charge in [0.2, 0.25) is 0 Å². The second-order valence-electron chi connectivity index (χ2n) is 5.14. The third-order valence-electron chi connectivity index (χ3n) is 3.48. The van der Waals surface area contributed by atoms with E-state index in [-0.39, 0.29) is 0 Å². The molecule has 0 bridgehead atoms. The molecule has 0 fully saturated rings. The van der Waals surface area contributed by atoms with Crippen LogP contribution in [0.4, 0.5) is 13.2 Å². The van der Waals surface area contributed by atoms with Crippen LogP contribution in [0.15, 0.2) is 24.3 Å². The number of ketones is 1. The number of carbonyl (C=O) groups is 3. The molecule has 1 aromatic carbocycles. The van der Waals surface area contributed by atoms with Gasteiger partial charge in [0.05, 0.1) is 11.5 Å². The van der Waals surface area contributed by atoms with Gasteiger partial charge < -0.3 is 10.2 Å². The molecular weight excluding hydrogens is 351 g/mol. The molecule has 0 spiro atoms. The topological polar surface area (TPSA) is 135 Å². The first-order chi connectivity index (χ1) is 11.4. The largest absolute Gasteiger partial charge is 0.481 e. The lowest BCUT2D eigenvalue weighted by atomic mass is 9.78. The monoisotopic (exact) mass is 363 g/mol. The highest BCUT2D eigenvalue weighted by Gasteiger charge is 2.49. The molecule has 3 atom stereocenters. The van der Waals surface area contributed by atoms with Crippen LogP contribution < -0.4 is 0 Å². The minimum absolute atomic E-state index is 0.406. The number of hydrogen-bond acceptors (Lipinski definition) is 5. The van der Waals surface area contributed by atoms with Gasteiger partial charge in [-0.05, 0) is 18.6 Å². The average Bonchev–Trinajstić information content (AvgIpc) is 2.44. The summed E-state index contributed by atoms with van der Waals surface area (Å²) < 4.78 is 38.5. The molecule has 0 aromatic heterocycles. The third kappa shape index (κ3) is 4.52. The Morgan fingerprint density at radius 2 is 1.72 bits per heavy atom. The highest BCUT2D eigenvalue weighted by Crippen LogP contribution is 2.36. The fraction of sp³-hybridized carbons (Fsp3) is 0.357. The summed E-state index contributed by atoms with van der Waals surface area (Å²) in [6.45, 7) is 0.762. The van der Waals surface area contributed by atoms with E-state index in [1.54, 1.807) is 0 Å². The maximum atomic E-state index is 12.8. The summed E-state index contributed by atoms with van der Waals surface area (Å²) in [6, 6.07) is 0.185. The zero-order valence-electron chi connectivity index (χ0n) is 12.6. The molecule has 0 saturated heterocycles. The molecular formula is C14H12F3NO7. The molecule has 0 aliphatic rings. The average molecular weight is 363 g/mol. The number of carboxylic acid groups (broad SMARTS) is 2. The first-order valence-electron chi connectivity index (χ1n) is 6.64. The summed E-state index contributed by atoms with van der Waals surface area (Å²) in [7, 11) is 0. The van der Waals surface area contributed by atoms with E-state index in [9.17, 15) is 37.7 Å². The van der Waals surface area contributed by atoms with Crippen molar-refractivity contribution in [3.05, 3.63) is 45.5 Å². The van der Waals surface area contributed by atoms with Crippen LogP contribution in [0.5, 0.6) is 0 Å². The van der Waals surface area contributed by atoms with Gasteiger partial charge in [-0.2, -0.15) is 13.2 Å². The van der Waals surface area contributed by atoms with Crippen LogP contribution in [0.3, 0.4) is 0 Å².